The van der Waals surface area contributed by atoms with Crippen LogP contribution in [0.3, 0.4) is 0 Å². The van der Waals surface area contributed by atoms with Crippen LogP contribution in [0.1, 0.15) is 40.4 Å². The lowest BCUT2D eigenvalue weighted by Crippen LogP contribution is -2.45. The Hall–Kier alpha value is -2.69. The SMILES string of the molecule is Cc1cccc(F)c1C(=O)N1CCC[C@@H](C(=O)O)[C@H]1c1ccccc1. The van der Waals surface area contributed by atoms with E-state index in [1.807, 2.05) is 30.3 Å². The standard InChI is InChI=1S/C20H20FNO3/c1-13-7-5-11-16(21)17(13)19(23)22-12-6-10-15(20(24)25)18(22)14-8-3-2-4-9-14/h2-5,7-9,11,15,18H,6,10,12H2,1H3,(H,24,25)/t15-,18-/m1/s1. The van der Waals surface area contributed by atoms with Crippen LogP contribution in [0.2, 0.25) is 0 Å². The maximum Gasteiger partial charge on any atom is 0.308 e. The van der Waals surface area contributed by atoms with E-state index < -0.39 is 29.7 Å². The number of carboxylic acids is 1. The molecule has 0 radical (unpaired) electrons. The number of aryl methyl sites for hydroxylation is 1. The van der Waals surface area contributed by atoms with Crippen molar-refractivity contribution < 1.29 is 19.1 Å². The van der Waals surface area contributed by atoms with Gasteiger partial charge in [0.2, 0.25) is 0 Å². The number of halogens is 1. The van der Waals surface area contributed by atoms with Gasteiger partial charge in [0.25, 0.3) is 5.91 Å². The van der Waals surface area contributed by atoms with Crippen molar-refractivity contribution in [2.45, 2.75) is 25.8 Å². The summed E-state index contributed by atoms with van der Waals surface area (Å²) < 4.78 is 14.3. The first-order chi connectivity index (χ1) is 12.0. The summed E-state index contributed by atoms with van der Waals surface area (Å²) in [5.74, 6) is -2.66. The molecular formula is C20H20FNO3. The number of carboxylic acid groups (broad SMARTS) is 1. The van der Waals surface area contributed by atoms with E-state index in [0.29, 0.717) is 24.9 Å². The molecule has 0 unspecified atom stereocenters. The Bertz CT molecular complexity index is 771. The molecule has 0 aromatic heterocycles. The van der Waals surface area contributed by atoms with Gasteiger partial charge < -0.3 is 10.0 Å². The number of nitrogens with zero attached hydrogens (tertiary/aromatic N) is 1. The summed E-state index contributed by atoms with van der Waals surface area (Å²) in [5, 5.41) is 9.64. The van der Waals surface area contributed by atoms with Crippen LogP contribution in [0.25, 0.3) is 0 Å². The van der Waals surface area contributed by atoms with Crippen LogP contribution < -0.4 is 0 Å². The van der Waals surface area contributed by atoms with Crippen molar-refractivity contribution in [3.8, 4) is 0 Å². The molecule has 2 aromatic carbocycles. The average molecular weight is 341 g/mol. The molecule has 1 fully saturated rings. The van der Waals surface area contributed by atoms with Gasteiger partial charge in [-0.15, -0.1) is 0 Å². The molecule has 2 atom stereocenters. The predicted molar refractivity (Wildman–Crippen MR) is 91.7 cm³/mol. The van der Waals surface area contributed by atoms with Gasteiger partial charge in [-0.2, -0.15) is 0 Å². The summed E-state index contributed by atoms with van der Waals surface area (Å²) in [4.78, 5) is 26.4. The van der Waals surface area contributed by atoms with Crippen LogP contribution in [0.15, 0.2) is 48.5 Å². The first kappa shape index (κ1) is 17.1. The van der Waals surface area contributed by atoms with Gasteiger partial charge in [0.15, 0.2) is 0 Å². The first-order valence-electron chi connectivity index (χ1n) is 8.34. The zero-order chi connectivity index (χ0) is 18.0. The third-order valence-corrected chi connectivity index (χ3v) is 4.79. The number of rotatable bonds is 3. The molecule has 0 saturated carbocycles. The van der Waals surface area contributed by atoms with Crippen LogP contribution in [0.4, 0.5) is 4.39 Å². The second kappa shape index (κ2) is 7.05. The van der Waals surface area contributed by atoms with Crippen molar-refractivity contribution in [2.75, 3.05) is 6.54 Å². The van der Waals surface area contributed by atoms with E-state index in [1.54, 1.807) is 19.1 Å². The monoisotopic (exact) mass is 341 g/mol. The van der Waals surface area contributed by atoms with Crippen molar-refractivity contribution in [1.29, 1.82) is 0 Å². The van der Waals surface area contributed by atoms with Crippen molar-refractivity contribution in [2.24, 2.45) is 5.92 Å². The number of likely N-dealkylation sites (tertiary alicyclic amines) is 1. The number of hydrogen-bond donors (Lipinski definition) is 1. The molecule has 1 aliphatic heterocycles. The normalized spacial score (nSPS) is 20.3. The quantitative estimate of drug-likeness (QED) is 0.923. The van der Waals surface area contributed by atoms with Crippen LogP contribution >= 0.6 is 0 Å². The molecule has 1 aliphatic rings. The van der Waals surface area contributed by atoms with Crippen LogP contribution in [-0.2, 0) is 4.79 Å². The summed E-state index contributed by atoms with van der Waals surface area (Å²) >= 11 is 0. The van der Waals surface area contributed by atoms with Gasteiger partial charge in [0.05, 0.1) is 17.5 Å². The van der Waals surface area contributed by atoms with Gasteiger partial charge in [0.1, 0.15) is 5.82 Å². The summed E-state index contributed by atoms with van der Waals surface area (Å²) in [6, 6.07) is 13.0. The molecule has 0 aliphatic carbocycles. The van der Waals surface area contributed by atoms with Crippen molar-refractivity contribution in [3.05, 3.63) is 71.0 Å². The van der Waals surface area contributed by atoms with E-state index in [2.05, 4.69) is 0 Å². The minimum atomic E-state index is -0.934. The zero-order valence-electron chi connectivity index (χ0n) is 14.0. The minimum absolute atomic E-state index is 0.0227. The highest BCUT2D eigenvalue weighted by molar-refractivity contribution is 5.96. The number of benzene rings is 2. The maximum absolute atomic E-state index is 14.3. The van der Waals surface area contributed by atoms with E-state index in [1.165, 1.54) is 11.0 Å². The summed E-state index contributed by atoms with van der Waals surface area (Å²) in [6.45, 7) is 2.10. The predicted octanol–water partition coefficient (Wildman–Crippen LogP) is 3.81. The Morgan fingerprint density at radius 1 is 1.12 bits per heavy atom. The molecule has 1 amide bonds. The van der Waals surface area contributed by atoms with Gasteiger partial charge in [0, 0.05) is 6.54 Å². The van der Waals surface area contributed by atoms with E-state index in [4.69, 9.17) is 0 Å². The van der Waals surface area contributed by atoms with Crippen LogP contribution in [-0.4, -0.2) is 28.4 Å². The number of piperidine rings is 1. The summed E-state index contributed by atoms with van der Waals surface area (Å²) in [7, 11) is 0. The fraction of sp³-hybridized carbons (Fsp3) is 0.300. The lowest BCUT2D eigenvalue weighted by Gasteiger charge is -2.40. The van der Waals surface area contributed by atoms with Crippen molar-refractivity contribution in [3.63, 3.8) is 0 Å². The number of hydrogen-bond acceptors (Lipinski definition) is 2. The summed E-state index contributed by atoms with van der Waals surface area (Å²) in [6.07, 6.45) is 1.08. The molecular weight excluding hydrogens is 321 g/mol. The molecule has 3 rings (SSSR count). The Morgan fingerprint density at radius 2 is 1.84 bits per heavy atom. The van der Waals surface area contributed by atoms with Crippen molar-refractivity contribution in [1.82, 2.24) is 4.90 Å². The first-order valence-corrected chi connectivity index (χ1v) is 8.34. The number of carbonyl (C=O) groups excluding carboxylic acids is 1. The average Bonchev–Trinajstić information content (AvgIpc) is 2.61. The van der Waals surface area contributed by atoms with Crippen LogP contribution in [0, 0.1) is 18.7 Å². The number of amides is 1. The maximum atomic E-state index is 14.3. The molecule has 1 heterocycles. The lowest BCUT2D eigenvalue weighted by molar-refractivity contribution is -0.145. The topological polar surface area (TPSA) is 57.6 Å². The summed E-state index contributed by atoms with van der Waals surface area (Å²) in [5.41, 5.74) is 1.33. The van der Waals surface area contributed by atoms with Crippen molar-refractivity contribution >= 4 is 11.9 Å². The van der Waals surface area contributed by atoms with Gasteiger partial charge in [-0.3, -0.25) is 9.59 Å². The molecule has 1 N–H and O–H groups in total. The number of aliphatic carboxylic acids is 1. The lowest BCUT2D eigenvalue weighted by atomic mass is 9.84. The largest absolute Gasteiger partial charge is 0.481 e. The molecule has 25 heavy (non-hydrogen) atoms. The van der Waals surface area contributed by atoms with Gasteiger partial charge in [-0.05, 0) is 37.0 Å². The Kier molecular flexibility index (Phi) is 4.83. The van der Waals surface area contributed by atoms with E-state index in [9.17, 15) is 19.1 Å². The fourth-order valence-electron chi connectivity index (χ4n) is 3.59. The molecule has 5 heteroatoms. The highest BCUT2D eigenvalue weighted by atomic mass is 19.1. The smallest absolute Gasteiger partial charge is 0.308 e. The molecule has 4 nitrogen and oxygen atoms in total. The molecule has 0 bridgehead atoms. The Morgan fingerprint density at radius 3 is 2.48 bits per heavy atom. The third-order valence-electron chi connectivity index (χ3n) is 4.79. The van der Waals surface area contributed by atoms with Crippen LogP contribution in [0.5, 0.6) is 0 Å². The molecule has 0 spiro atoms. The van der Waals surface area contributed by atoms with Gasteiger partial charge in [-0.1, -0.05) is 42.5 Å². The molecule has 1 saturated heterocycles. The van der Waals surface area contributed by atoms with E-state index >= 15 is 0 Å². The zero-order valence-corrected chi connectivity index (χ0v) is 14.0. The highest BCUT2D eigenvalue weighted by Gasteiger charge is 2.40. The highest BCUT2D eigenvalue weighted by Crippen LogP contribution is 2.37. The Labute approximate surface area is 145 Å². The van der Waals surface area contributed by atoms with E-state index in [-0.39, 0.29) is 5.56 Å². The second-order valence-corrected chi connectivity index (χ2v) is 6.37. The fourth-order valence-corrected chi connectivity index (χ4v) is 3.59. The Balaban J connectivity index is 2.05. The van der Waals surface area contributed by atoms with Gasteiger partial charge >= 0.3 is 5.97 Å². The van der Waals surface area contributed by atoms with E-state index in [0.717, 1.165) is 5.56 Å². The number of carbonyl (C=O) groups is 2. The second-order valence-electron chi connectivity index (χ2n) is 6.37. The minimum Gasteiger partial charge on any atom is -0.481 e. The molecule has 2 aromatic rings. The van der Waals surface area contributed by atoms with Gasteiger partial charge in [-0.25, -0.2) is 4.39 Å². The third kappa shape index (κ3) is 3.27. The molecule has 130 valence electrons.